The summed E-state index contributed by atoms with van der Waals surface area (Å²) < 4.78 is 39.4. The van der Waals surface area contributed by atoms with E-state index in [9.17, 15) is 12.8 Å². The lowest BCUT2D eigenvalue weighted by Crippen LogP contribution is -2.38. The summed E-state index contributed by atoms with van der Waals surface area (Å²) in [5, 5.41) is 9.16. The molecule has 2 N–H and O–H groups in total. The number of aliphatic hydroxyl groups is 1. The highest BCUT2D eigenvalue weighted by Gasteiger charge is 2.30. The van der Waals surface area contributed by atoms with E-state index in [4.69, 9.17) is 5.11 Å². The highest BCUT2D eigenvalue weighted by atomic mass is 32.2. The maximum atomic E-state index is 12.7. The van der Waals surface area contributed by atoms with Crippen LogP contribution >= 0.6 is 0 Å². The Bertz CT molecular complexity index is 501. The highest BCUT2D eigenvalue weighted by molar-refractivity contribution is 7.89. The van der Waals surface area contributed by atoms with Crippen LogP contribution in [0, 0.1) is 11.7 Å². The number of hydrogen-bond donors (Lipinski definition) is 2. The van der Waals surface area contributed by atoms with E-state index in [1.54, 1.807) is 0 Å². The number of aliphatic hydroxyl groups excluding tert-OH is 1. The standard InChI is InChI=1S/C12H16FNO3S/c13-10-4-6-11(7-5-10)18(16,17)14-12-3-1-2-9(12)8-15/h4-7,9,12,14-15H,1-3,8H2. The summed E-state index contributed by atoms with van der Waals surface area (Å²) in [6, 6.07) is 4.48. The molecule has 0 aliphatic heterocycles. The molecule has 18 heavy (non-hydrogen) atoms. The number of sulfonamides is 1. The molecule has 4 nitrogen and oxygen atoms in total. The van der Waals surface area contributed by atoms with Crippen LogP contribution in [0.15, 0.2) is 29.2 Å². The highest BCUT2D eigenvalue weighted by Crippen LogP contribution is 2.26. The summed E-state index contributed by atoms with van der Waals surface area (Å²) in [7, 11) is -3.63. The fourth-order valence-electron chi connectivity index (χ4n) is 2.29. The van der Waals surface area contributed by atoms with Crippen molar-refractivity contribution in [3.05, 3.63) is 30.1 Å². The topological polar surface area (TPSA) is 66.4 Å². The Morgan fingerprint density at radius 1 is 1.28 bits per heavy atom. The second kappa shape index (κ2) is 5.34. The molecule has 0 bridgehead atoms. The predicted octanol–water partition coefficient (Wildman–Crippen LogP) is 1.26. The smallest absolute Gasteiger partial charge is 0.240 e. The van der Waals surface area contributed by atoms with Gasteiger partial charge in [-0.15, -0.1) is 0 Å². The fourth-order valence-corrected chi connectivity index (χ4v) is 3.63. The van der Waals surface area contributed by atoms with E-state index in [-0.39, 0.29) is 23.5 Å². The summed E-state index contributed by atoms with van der Waals surface area (Å²) in [6.07, 6.45) is 2.46. The molecular formula is C12H16FNO3S. The quantitative estimate of drug-likeness (QED) is 0.868. The lowest BCUT2D eigenvalue weighted by atomic mass is 10.1. The van der Waals surface area contributed by atoms with Crippen molar-refractivity contribution in [2.75, 3.05) is 6.61 Å². The van der Waals surface area contributed by atoms with Gasteiger partial charge in [0, 0.05) is 12.6 Å². The minimum Gasteiger partial charge on any atom is -0.396 e. The molecule has 100 valence electrons. The molecule has 1 saturated carbocycles. The normalized spacial score (nSPS) is 24.3. The lowest BCUT2D eigenvalue weighted by Gasteiger charge is -2.18. The van der Waals surface area contributed by atoms with E-state index in [1.165, 1.54) is 12.1 Å². The van der Waals surface area contributed by atoms with Crippen molar-refractivity contribution >= 4 is 10.0 Å². The first-order valence-electron chi connectivity index (χ1n) is 5.91. The minimum atomic E-state index is -3.63. The van der Waals surface area contributed by atoms with Crippen molar-refractivity contribution in [2.24, 2.45) is 5.92 Å². The number of rotatable bonds is 4. The molecule has 1 aliphatic carbocycles. The van der Waals surface area contributed by atoms with Gasteiger partial charge in [-0.05, 0) is 43.0 Å². The Balaban J connectivity index is 2.14. The summed E-state index contributed by atoms with van der Waals surface area (Å²) in [5.41, 5.74) is 0. The average Bonchev–Trinajstić information content (AvgIpc) is 2.76. The zero-order valence-corrected chi connectivity index (χ0v) is 10.7. The molecule has 2 rings (SSSR count). The summed E-state index contributed by atoms with van der Waals surface area (Å²) in [5.74, 6) is -0.497. The van der Waals surface area contributed by atoms with Crippen LogP contribution in [0.1, 0.15) is 19.3 Å². The van der Waals surface area contributed by atoms with Crippen molar-refractivity contribution in [2.45, 2.75) is 30.2 Å². The van der Waals surface area contributed by atoms with E-state index in [0.717, 1.165) is 31.4 Å². The van der Waals surface area contributed by atoms with E-state index < -0.39 is 15.8 Å². The first kappa shape index (κ1) is 13.5. The van der Waals surface area contributed by atoms with Gasteiger partial charge in [0.2, 0.25) is 10.0 Å². The van der Waals surface area contributed by atoms with Crippen molar-refractivity contribution < 1.29 is 17.9 Å². The van der Waals surface area contributed by atoms with Gasteiger partial charge >= 0.3 is 0 Å². The molecule has 1 aliphatic rings. The maximum Gasteiger partial charge on any atom is 0.240 e. The van der Waals surface area contributed by atoms with Crippen molar-refractivity contribution in [3.8, 4) is 0 Å². The molecule has 0 aromatic heterocycles. The van der Waals surface area contributed by atoms with Crippen molar-refractivity contribution in [1.29, 1.82) is 0 Å². The molecule has 1 aromatic carbocycles. The van der Waals surface area contributed by atoms with E-state index in [1.807, 2.05) is 0 Å². The zero-order chi connectivity index (χ0) is 13.2. The number of nitrogens with one attached hydrogen (secondary N) is 1. The van der Waals surface area contributed by atoms with Gasteiger partial charge in [-0.3, -0.25) is 0 Å². The van der Waals surface area contributed by atoms with Gasteiger partial charge in [-0.1, -0.05) is 6.42 Å². The molecule has 0 heterocycles. The number of hydrogen-bond acceptors (Lipinski definition) is 3. The summed E-state index contributed by atoms with van der Waals surface area (Å²) in [4.78, 5) is 0.0486. The molecular weight excluding hydrogens is 257 g/mol. The first-order valence-corrected chi connectivity index (χ1v) is 7.40. The second-order valence-corrected chi connectivity index (χ2v) is 6.27. The third-order valence-corrected chi connectivity index (χ3v) is 4.83. The van der Waals surface area contributed by atoms with E-state index in [0.29, 0.717) is 0 Å². The van der Waals surface area contributed by atoms with Crippen LogP contribution in [-0.4, -0.2) is 26.2 Å². The Morgan fingerprint density at radius 3 is 2.56 bits per heavy atom. The number of benzene rings is 1. The molecule has 2 unspecified atom stereocenters. The Hall–Kier alpha value is -0.980. The van der Waals surface area contributed by atoms with Gasteiger partial charge in [0.15, 0.2) is 0 Å². The molecule has 0 saturated heterocycles. The van der Waals surface area contributed by atoms with Crippen LogP contribution in [0.3, 0.4) is 0 Å². The molecule has 0 spiro atoms. The molecule has 6 heteroatoms. The summed E-state index contributed by atoms with van der Waals surface area (Å²) in [6.45, 7) is -0.0173. The van der Waals surface area contributed by atoms with Gasteiger partial charge in [-0.25, -0.2) is 17.5 Å². The van der Waals surface area contributed by atoms with Crippen LogP contribution in [0.4, 0.5) is 4.39 Å². The molecule has 0 amide bonds. The van der Waals surface area contributed by atoms with E-state index >= 15 is 0 Å². The Kier molecular flexibility index (Phi) is 3.99. The predicted molar refractivity (Wildman–Crippen MR) is 64.9 cm³/mol. The van der Waals surface area contributed by atoms with Crippen LogP contribution in [0.2, 0.25) is 0 Å². The van der Waals surface area contributed by atoms with Crippen molar-refractivity contribution in [1.82, 2.24) is 4.72 Å². The lowest BCUT2D eigenvalue weighted by molar-refractivity contribution is 0.213. The Labute approximate surface area is 106 Å². The SMILES string of the molecule is O=S(=O)(NC1CCCC1CO)c1ccc(F)cc1. The third-order valence-electron chi connectivity index (χ3n) is 3.32. The minimum absolute atomic E-state index is 0.0173. The Morgan fingerprint density at radius 2 is 1.94 bits per heavy atom. The van der Waals surface area contributed by atoms with Gasteiger partial charge in [0.1, 0.15) is 5.82 Å². The van der Waals surface area contributed by atoms with Crippen LogP contribution in [-0.2, 0) is 10.0 Å². The third kappa shape index (κ3) is 2.88. The first-order chi connectivity index (χ1) is 8.53. The zero-order valence-electron chi connectivity index (χ0n) is 9.84. The number of halogens is 1. The summed E-state index contributed by atoms with van der Waals surface area (Å²) >= 11 is 0. The van der Waals surface area contributed by atoms with Gasteiger partial charge < -0.3 is 5.11 Å². The average molecular weight is 273 g/mol. The molecule has 0 radical (unpaired) electrons. The molecule has 1 fully saturated rings. The fraction of sp³-hybridized carbons (Fsp3) is 0.500. The molecule has 2 atom stereocenters. The van der Waals surface area contributed by atoms with Gasteiger partial charge in [-0.2, -0.15) is 0 Å². The van der Waals surface area contributed by atoms with Crippen LogP contribution < -0.4 is 4.72 Å². The van der Waals surface area contributed by atoms with Crippen LogP contribution in [0.5, 0.6) is 0 Å². The largest absolute Gasteiger partial charge is 0.396 e. The van der Waals surface area contributed by atoms with E-state index in [2.05, 4.69) is 4.72 Å². The van der Waals surface area contributed by atoms with Gasteiger partial charge in [0.25, 0.3) is 0 Å². The van der Waals surface area contributed by atoms with Crippen LogP contribution in [0.25, 0.3) is 0 Å². The van der Waals surface area contributed by atoms with Gasteiger partial charge in [0.05, 0.1) is 4.90 Å². The van der Waals surface area contributed by atoms with Crippen molar-refractivity contribution in [3.63, 3.8) is 0 Å². The molecule has 1 aromatic rings. The second-order valence-electron chi connectivity index (χ2n) is 4.56. The maximum absolute atomic E-state index is 12.7. The monoisotopic (exact) mass is 273 g/mol.